The molecule has 1 heterocycles. The van der Waals surface area contributed by atoms with E-state index in [0.717, 1.165) is 4.90 Å². The van der Waals surface area contributed by atoms with Gasteiger partial charge in [0.25, 0.3) is 11.8 Å². The smallest absolute Gasteiger partial charge is 0.357 e. The number of oxime groups is 1. The molecule has 168 valence electrons. The number of amides is 2. The van der Waals surface area contributed by atoms with Crippen LogP contribution in [0.3, 0.4) is 0 Å². The number of thioether (sulfide) groups is 1. The fourth-order valence-corrected chi connectivity index (χ4v) is 3.74. The van der Waals surface area contributed by atoms with E-state index in [1.54, 1.807) is 42.5 Å². The van der Waals surface area contributed by atoms with Gasteiger partial charge in [-0.1, -0.05) is 17.3 Å². The molecule has 2 amide bonds. The fourth-order valence-electron chi connectivity index (χ4n) is 3.28. The zero-order valence-electron chi connectivity index (χ0n) is 17.9. The molecule has 32 heavy (non-hydrogen) atoms. The van der Waals surface area contributed by atoms with Crippen molar-refractivity contribution in [3.63, 3.8) is 0 Å². The van der Waals surface area contributed by atoms with Gasteiger partial charge in [0.05, 0.1) is 25.3 Å². The summed E-state index contributed by atoms with van der Waals surface area (Å²) in [6.07, 6.45) is 2.08. The van der Waals surface area contributed by atoms with Crippen LogP contribution in [-0.2, 0) is 9.63 Å². The Balaban J connectivity index is 1.81. The number of hydrogen-bond donors (Lipinski definition) is 1. The predicted molar refractivity (Wildman–Crippen MR) is 120 cm³/mol. The molecule has 1 atom stereocenters. The van der Waals surface area contributed by atoms with E-state index < -0.39 is 23.8 Å². The summed E-state index contributed by atoms with van der Waals surface area (Å²) in [4.78, 5) is 44.5. The number of benzene rings is 2. The SMILES string of the molecule is COc1ccc(/C(N)=N\OC(=O)[C@H](CCSC)N2C(=O)c3ccccc3C2=O)cc1OC. The normalized spacial score (nSPS) is 14.2. The molecular formula is C22H23N3O6S. The van der Waals surface area contributed by atoms with E-state index in [1.807, 2.05) is 6.26 Å². The van der Waals surface area contributed by atoms with E-state index in [4.69, 9.17) is 20.0 Å². The summed E-state index contributed by atoms with van der Waals surface area (Å²) in [5, 5.41) is 3.72. The maximum atomic E-state index is 12.9. The Morgan fingerprint density at radius 3 is 2.25 bits per heavy atom. The fraction of sp³-hybridized carbons (Fsp3) is 0.273. The van der Waals surface area contributed by atoms with Gasteiger partial charge in [0.1, 0.15) is 6.04 Å². The molecule has 0 unspecified atom stereocenters. The molecule has 0 saturated heterocycles. The number of carbonyl (C=O) groups excluding carboxylic acids is 3. The van der Waals surface area contributed by atoms with Crippen LogP contribution in [0.15, 0.2) is 47.6 Å². The lowest BCUT2D eigenvalue weighted by molar-refractivity contribution is -0.148. The summed E-state index contributed by atoms with van der Waals surface area (Å²) >= 11 is 1.48. The van der Waals surface area contributed by atoms with Crippen LogP contribution in [0.4, 0.5) is 0 Å². The zero-order valence-corrected chi connectivity index (χ0v) is 18.7. The largest absolute Gasteiger partial charge is 0.493 e. The molecule has 1 aliphatic rings. The highest BCUT2D eigenvalue weighted by atomic mass is 32.2. The van der Waals surface area contributed by atoms with Gasteiger partial charge in [0.2, 0.25) is 0 Å². The molecule has 0 radical (unpaired) electrons. The molecule has 0 saturated carbocycles. The molecule has 2 N–H and O–H groups in total. The number of hydrogen-bond acceptors (Lipinski definition) is 8. The first-order valence-corrected chi connectivity index (χ1v) is 11.0. The third-order valence-electron chi connectivity index (χ3n) is 4.92. The van der Waals surface area contributed by atoms with E-state index in [9.17, 15) is 14.4 Å². The number of ether oxygens (including phenoxy) is 2. The second-order valence-electron chi connectivity index (χ2n) is 6.78. The molecule has 0 fully saturated rings. The average molecular weight is 458 g/mol. The van der Waals surface area contributed by atoms with E-state index in [-0.39, 0.29) is 23.4 Å². The number of carbonyl (C=O) groups is 3. The van der Waals surface area contributed by atoms with Crippen LogP contribution in [0.5, 0.6) is 11.5 Å². The van der Waals surface area contributed by atoms with Crippen molar-refractivity contribution < 1.29 is 28.7 Å². The Hall–Kier alpha value is -3.53. The Morgan fingerprint density at radius 1 is 1.06 bits per heavy atom. The molecule has 0 bridgehead atoms. The van der Waals surface area contributed by atoms with Crippen molar-refractivity contribution in [2.75, 3.05) is 26.2 Å². The van der Waals surface area contributed by atoms with Gasteiger partial charge in [-0.2, -0.15) is 11.8 Å². The Kier molecular flexibility index (Phi) is 7.37. The molecule has 0 aromatic heterocycles. The highest BCUT2D eigenvalue weighted by Crippen LogP contribution is 2.28. The highest BCUT2D eigenvalue weighted by Gasteiger charge is 2.43. The maximum Gasteiger partial charge on any atom is 0.357 e. The van der Waals surface area contributed by atoms with Gasteiger partial charge in [-0.05, 0) is 48.8 Å². The number of imide groups is 1. The first-order chi connectivity index (χ1) is 15.4. The van der Waals surface area contributed by atoms with E-state index >= 15 is 0 Å². The lowest BCUT2D eigenvalue weighted by atomic mass is 10.1. The van der Waals surface area contributed by atoms with Crippen LogP contribution < -0.4 is 15.2 Å². The third-order valence-corrected chi connectivity index (χ3v) is 5.56. The summed E-state index contributed by atoms with van der Waals surface area (Å²) in [6, 6.07) is 10.2. The van der Waals surface area contributed by atoms with E-state index in [1.165, 1.54) is 26.0 Å². The van der Waals surface area contributed by atoms with Gasteiger partial charge in [0, 0.05) is 5.56 Å². The second kappa shape index (κ2) is 10.2. The standard InChI is InChI=1S/C22H23N3O6S/c1-29-17-9-8-13(12-18(17)30-2)19(23)24-31-22(28)16(10-11-32-3)25-20(26)14-6-4-5-7-15(14)21(25)27/h4-9,12,16H,10-11H2,1-3H3,(H2,23,24)/t16-/m0/s1. The predicted octanol–water partition coefficient (Wildman–Crippen LogP) is 2.29. The van der Waals surface area contributed by atoms with Gasteiger partial charge in [-0.3, -0.25) is 14.5 Å². The van der Waals surface area contributed by atoms with Crippen molar-refractivity contribution in [2.45, 2.75) is 12.5 Å². The van der Waals surface area contributed by atoms with Crippen LogP contribution >= 0.6 is 11.8 Å². The second-order valence-corrected chi connectivity index (χ2v) is 7.77. The monoisotopic (exact) mass is 457 g/mol. The number of nitrogens with two attached hydrogens (primary N) is 1. The zero-order chi connectivity index (χ0) is 23.3. The highest BCUT2D eigenvalue weighted by molar-refractivity contribution is 7.98. The molecule has 10 heteroatoms. The quantitative estimate of drug-likeness (QED) is 0.200. The summed E-state index contributed by atoms with van der Waals surface area (Å²) in [5.41, 5.74) is 6.92. The van der Waals surface area contributed by atoms with Gasteiger partial charge in [-0.15, -0.1) is 0 Å². The van der Waals surface area contributed by atoms with Crippen LogP contribution in [0.1, 0.15) is 32.7 Å². The van der Waals surface area contributed by atoms with Crippen molar-refractivity contribution in [1.29, 1.82) is 0 Å². The number of fused-ring (bicyclic) bond motifs is 1. The summed E-state index contributed by atoms with van der Waals surface area (Å²) < 4.78 is 10.4. The molecular weight excluding hydrogens is 434 g/mol. The lowest BCUT2D eigenvalue weighted by Crippen LogP contribution is -2.45. The van der Waals surface area contributed by atoms with Crippen molar-refractivity contribution in [3.8, 4) is 11.5 Å². The van der Waals surface area contributed by atoms with Gasteiger partial charge in [-0.25, -0.2) is 4.79 Å². The third kappa shape index (κ3) is 4.54. The molecule has 0 spiro atoms. The Bertz CT molecular complexity index is 1040. The van der Waals surface area contributed by atoms with Crippen LogP contribution in [0, 0.1) is 0 Å². The van der Waals surface area contributed by atoms with Gasteiger partial charge in [0.15, 0.2) is 17.3 Å². The van der Waals surface area contributed by atoms with Crippen molar-refractivity contribution in [2.24, 2.45) is 10.9 Å². The van der Waals surface area contributed by atoms with Crippen molar-refractivity contribution in [3.05, 3.63) is 59.2 Å². The molecule has 2 aromatic carbocycles. The average Bonchev–Trinajstić information content (AvgIpc) is 3.07. The summed E-state index contributed by atoms with van der Waals surface area (Å²) in [6.45, 7) is 0. The molecule has 2 aromatic rings. The van der Waals surface area contributed by atoms with Crippen LogP contribution in [-0.4, -0.2) is 60.8 Å². The summed E-state index contributed by atoms with van der Waals surface area (Å²) in [7, 11) is 2.98. The minimum atomic E-state index is -1.13. The Labute approximate surface area is 189 Å². The van der Waals surface area contributed by atoms with Gasteiger partial charge >= 0.3 is 5.97 Å². The van der Waals surface area contributed by atoms with E-state index in [0.29, 0.717) is 22.8 Å². The first kappa shape index (κ1) is 23.1. The van der Waals surface area contributed by atoms with Crippen molar-refractivity contribution >= 4 is 35.4 Å². The Morgan fingerprint density at radius 2 is 1.69 bits per heavy atom. The van der Waals surface area contributed by atoms with Gasteiger partial charge < -0.3 is 20.0 Å². The maximum absolute atomic E-state index is 12.9. The summed E-state index contributed by atoms with van der Waals surface area (Å²) in [5.74, 6) is -0.539. The first-order valence-electron chi connectivity index (χ1n) is 9.65. The number of amidine groups is 1. The lowest BCUT2D eigenvalue weighted by Gasteiger charge is -2.23. The molecule has 1 aliphatic heterocycles. The molecule has 0 aliphatic carbocycles. The molecule has 9 nitrogen and oxygen atoms in total. The number of nitrogens with zero attached hydrogens (tertiary/aromatic N) is 2. The molecule has 3 rings (SSSR count). The topological polar surface area (TPSA) is 121 Å². The minimum absolute atomic E-state index is 0.0784. The number of methoxy groups -OCH3 is 2. The van der Waals surface area contributed by atoms with Crippen LogP contribution in [0.25, 0.3) is 0 Å². The number of rotatable bonds is 9. The minimum Gasteiger partial charge on any atom is -0.493 e. The van der Waals surface area contributed by atoms with E-state index in [2.05, 4.69) is 5.16 Å². The van der Waals surface area contributed by atoms with Crippen LogP contribution in [0.2, 0.25) is 0 Å². The van der Waals surface area contributed by atoms with Crippen molar-refractivity contribution in [1.82, 2.24) is 4.90 Å².